The van der Waals surface area contributed by atoms with Crippen LogP contribution in [0.1, 0.15) is 26.3 Å². The van der Waals surface area contributed by atoms with Crippen LogP contribution >= 0.6 is 0 Å². The summed E-state index contributed by atoms with van der Waals surface area (Å²) in [6.45, 7) is 7.14. The van der Waals surface area contributed by atoms with Crippen molar-refractivity contribution in [1.82, 2.24) is 15.0 Å². The second-order valence-corrected chi connectivity index (χ2v) is 5.86. The number of rotatable bonds is 7. The molecule has 0 aliphatic heterocycles. The maximum atomic E-state index is 10.6. The lowest BCUT2D eigenvalue weighted by Crippen LogP contribution is -2.11. The topological polar surface area (TPSA) is 107 Å². The molecule has 0 aliphatic carbocycles. The number of hydrazone groups is 1. The van der Waals surface area contributed by atoms with E-state index < -0.39 is 0 Å². The van der Waals surface area contributed by atoms with E-state index in [1.807, 2.05) is 57.2 Å². The summed E-state index contributed by atoms with van der Waals surface area (Å²) in [6.07, 6.45) is 0. The van der Waals surface area contributed by atoms with Gasteiger partial charge in [0.15, 0.2) is 0 Å². The molecule has 3 rings (SSSR count). The highest BCUT2D eigenvalue weighted by molar-refractivity contribution is 6.06. The predicted molar refractivity (Wildman–Crippen MR) is 110 cm³/mol. The summed E-state index contributed by atoms with van der Waals surface area (Å²) in [4.78, 5) is 12.9. The maximum Gasteiger partial charge on any atom is 0.250 e. The third-order valence-electron chi connectivity index (χ3n) is 3.92. The molecule has 0 atom stereocenters. The van der Waals surface area contributed by atoms with E-state index in [1.54, 1.807) is 0 Å². The first-order valence-electron chi connectivity index (χ1n) is 8.87. The normalized spacial score (nSPS) is 11.4. The van der Waals surface area contributed by atoms with Crippen LogP contribution in [-0.2, 0) is 0 Å². The van der Waals surface area contributed by atoms with Crippen LogP contribution in [0, 0.1) is 0 Å². The first kappa shape index (κ1) is 18.4. The van der Waals surface area contributed by atoms with Crippen LogP contribution < -0.4 is 16.1 Å². The van der Waals surface area contributed by atoms with Crippen molar-refractivity contribution >= 4 is 34.3 Å². The highest BCUT2D eigenvalue weighted by atomic mass is 16.3. The number of phenolic OH excluding ortho intramolecular Hbond substituents is 1. The van der Waals surface area contributed by atoms with Crippen LogP contribution in [0.15, 0.2) is 41.5 Å². The summed E-state index contributed by atoms with van der Waals surface area (Å²) in [5.74, 6) is 1.45. The number of nitrogens with one attached hydrogen (secondary N) is 3. The standard InChI is InChI=1S/C19H23N7O/c1-4-20-17-22-18(21-5-2)24-19(23-17)26-25-12(3)14-11-10-13-8-6-7-9-15(13)16(14)27/h6-11,27H,4-5H2,1-3H3,(H3,20,21,22,23,24,26)/b25-12+. The molecular formula is C19H23N7O. The lowest BCUT2D eigenvalue weighted by molar-refractivity contribution is 0.480. The summed E-state index contributed by atoms with van der Waals surface area (Å²) in [6, 6.07) is 11.5. The molecular weight excluding hydrogens is 342 g/mol. The highest BCUT2D eigenvalue weighted by Crippen LogP contribution is 2.29. The Morgan fingerprint density at radius 2 is 1.56 bits per heavy atom. The minimum absolute atomic E-state index is 0.202. The van der Waals surface area contributed by atoms with Gasteiger partial charge in [-0.3, -0.25) is 0 Å². The zero-order valence-corrected chi connectivity index (χ0v) is 15.6. The molecule has 3 aromatic rings. The Bertz CT molecular complexity index is 947. The number of aromatic hydroxyl groups is 1. The molecule has 0 aliphatic rings. The molecule has 1 heterocycles. The van der Waals surface area contributed by atoms with Crippen LogP contribution in [0.5, 0.6) is 5.75 Å². The molecule has 0 unspecified atom stereocenters. The Labute approximate surface area is 157 Å². The lowest BCUT2D eigenvalue weighted by atomic mass is 10.0. The van der Waals surface area contributed by atoms with Crippen molar-refractivity contribution in [1.29, 1.82) is 0 Å². The van der Waals surface area contributed by atoms with Gasteiger partial charge in [0.1, 0.15) is 5.75 Å². The van der Waals surface area contributed by atoms with Gasteiger partial charge in [0.05, 0.1) is 5.71 Å². The van der Waals surface area contributed by atoms with Crippen LogP contribution in [-0.4, -0.2) is 38.9 Å². The van der Waals surface area contributed by atoms with E-state index in [-0.39, 0.29) is 5.75 Å². The van der Waals surface area contributed by atoms with Crippen LogP contribution in [0.25, 0.3) is 10.8 Å². The molecule has 8 heteroatoms. The van der Waals surface area contributed by atoms with Gasteiger partial charge in [0, 0.05) is 24.0 Å². The minimum atomic E-state index is 0.202. The second-order valence-electron chi connectivity index (χ2n) is 5.86. The van der Waals surface area contributed by atoms with Crippen molar-refractivity contribution in [3.8, 4) is 5.75 Å². The molecule has 0 spiro atoms. The Morgan fingerprint density at radius 1 is 0.926 bits per heavy atom. The van der Waals surface area contributed by atoms with Crippen LogP contribution in [0.2, 0.25) is 0 Å². The van der Waals surface area contributed by atoms with Crippen molar-refractivity contribution in [2.24, 2.45) is 5.10 Å². The number of benzene rings is 2. The number of phenols is 1. The molecule has 27 heavy (non-hydrogen) atoms. The number of nitrogens with zero attached hydrogens (tertiary/aromatic N) is 4. The van der Waals surface area contributed by atoms with E-state index >= 15 is 0 Å². The van der Waals surface area contributed by atoms with Crippen molar-refractivity contribution in [2.45, 2.75) is 20.8 Å². The molecule has 140 valence electrons. The predicted octanol–water partition coefficient (Wildman–Crippen LogP) is 3.43. The van der Waals surface area contributed by atoms with Gasteiger partial charge in [-0.1, -0.05) is 30.3 Å². The Kier molecular flexibility index (Phi) is 5.65. The van der Waals surface area contributed by atoms with Crippen molar-refractivity contribution < 1.29 is 5.11 Å². The van der Waals surface area contributed by atoms with E-state index in [0.29, 0.717) is 42.2 Å². The SMILES string of the molecule is CCNc1nc(NCC)nc(N/N=C(\C)c2ccc3ccccc3c2O)n1. The molecule has 2 aromatic carbocycles. The fourth-order valence-corrected chi connectivity index (χ4v) is 2.64. The highest BCUT2D eigenvalue weighted by Gasteiger charge is 2.10. The zero-order valence-electron chi connectivity index (χ0n) is 15.6. The van der Waals surface area contributed by atoms with Crippen molar-refractivity contribution in [2.75, 3.05) is 29.1 Å². The summed E-state index contributed by atoms with van der Waals surface area (Å²) in [5.41, 5.74) is 4.12. The molecule has 0 saturated heterocycles. The molecule has 0 saturated carbocycles. The number of hydrogen-bond donors (Lipinski definition) is 4. The van der Waals surface area contributed by atoms with Gasteiger partial charge in [-0.2, -0.15) is 20.1 Å². The molecule has 1 aromatic heterocycles. The number of aromatic nitrogens is 3. The minimum Gasteiger partial charge on any atom is -0.507 e. The van der Waals surface area contributed by atoms with Gasteiger partial charge in [0.2, 0.25) is 17.8 Å². The van der Waals surface area contributed by atoms with E-state index in [4.69, 9.17) is 0 Å². The van der Waals surface area contributed by atoms with Gasteiger partial charge in [0.25, 0.3) is 0 Å². The largest absolute Gasteiger partial charge is 0.507 e. The van der Waals surface area contributed by atoms with E-state index in [0.717, 1.165) is 10.8 Å². The molecule has 8 nitrogen and oxygen atoms in total. The average Bonchev–Trinajstić information content (AvgIpc) is 2.67. The van der Waals surface area contributed by atoms with Crippen LogP contribution in [0.4, 0.5) is 17.8 Å². The second kappa shape index (κ2) is 8.31. The Morgan fingerprint density at radius 3 is 2.22 bits per heavy atom. The van der Waals surface area contributed by atoms with Crippen LogP contribution in [0.3, 0.4) is 0 Å². The molecule has 4 N–H and O–H groups in total. The quantitative estimate of drug-likeness (QED) is 0.375. The summed E-state index contributed by atoms with van der Waals surface area (Å²) in [5, 5.41) is 22.8. The third kappa shape index (κ3) is 4.22. The molecule has 0 amide bonds. The van der Waals surface area contributed by atoms with E-state index in [9.17, 15) is 5.11 Å². The molecule has 0 bridgehead atoms. The monoisotopic (exact) mass is 365 g/mol. The smallest absolute Gasteiger partial charge is 0.250 e. The maximum absolute atomic E-state index is 10.6. The fraction of sp³-hybridized carbons (Fsp3) is 0.263. The van der Waals surface area contributed by atoms with Crippen molar-refractivity contribution in [3.63, 3.8) is 0 Å². The third-order valence-corrected chi connectivity index (χ3v) is 3.92. The average molecular weight is 365 g/mol. The van der Waals surface area contributed by atoms with Crippen molar-refractivity contribution in [3.05, 3.63) is 42.0 Å². The first-order valence-corrected chi connectivity index (χ1v) is 8.87. The number of hydrogen-bond acceptors (Lipinski definition) is 8. The van der Waals surface area contributed by atoms with Gasteiger partial charge in [-0.05, 0) is 32.2 Å². The van der Waals surface area contributed by atoms with E-state index in [2.05, 4.69) is 36.1 Å². The first-order chi connectivity index (χ1) is 13.1. The Balaban J connectivity index is 1.88. The van der Waals surface area contributed by atoms with Gasteiger partial charge in [-0.25, -0.2) is 5.43 Å². The zero-order chi connectivity index (χ0) is 19.2. The fourth-order valence-electron chi connectivity index (χ4n) is 2.64. The van der Waals surface area contributed by atoms with Gasteiger partial charge in [-0.15, -0.1) is 0 Å². The van der Waals surface area contributed by atoms with Gasteiger partial charge >= 0.3 is 0 Å². The summed E-state index contributed by atoms with van der Waals surface area (Å²) >= 11 is 0. The summed E-state index contributed by atoms with van der Waals surface area (Å²) in [7, 11) is 0. The Hall–Kier alpha value is -3.42. The summed E-state index contributed by atoms with van der Waals surface area (Å²) < 4.78 is 0. The van der Waals surface area contributed by atoms with Gasteiger partial charge < -0.3 is 15.7 Å². The van der Waals surface area contributed by atoms with E-state index in [1.165, 1.54) is 0 Å². The molecule has 0 radical (unpaired) electrons. The number of fused-ring (bicyclic) bond motifs is 1. The number of anilines is 3. The molecule has 0 fully saturated rings. The lowest BCUT2D eigenvalue weighted by Gasteiger charge is -2.10.